The van der Waals surface area contributed by atoms with Crippen LogP contribution < -0.4 is 15.8 Å². The molecule has 1 fully saturated rings. The summed E-state index contributed by atoms with van der Waals surface area (Å²) in [4.78, 5) is 4.58. The minimum absolute atomic E-state index is 0. The Hall–Kier alpha value is -1.80. The molecule has 5 nitrogen and oxygen atoms in total. The van der Waals surface area contributed by atoms with Crippen LogP contribution in [0, 0.1) is 5.41 Å². The summed E-state index contributed by atoms with van der Waals surface area (Å²) < 4.78 is 5.86. The lowest BCUT2D eigenvalue weighted by atomic mass is 9.72. The number of hydrogen-bond donors (Lipinski definition) is 3. The standard InChI is InChI=1S/C22H29N3O2.HI/c23-21(24-17-22(14-15-26)12-5-2-6-13-22)25-18-8-7-11-20(16-18)27-19-9-3-1-4-10-19;/h1,3-4,7-11,16,26H,2,5-6,12-15,17H2,(H3,23,24,25);1H. The van der Waals surface area contributed by atoms with Gasteiger partial charge in [0.25, 0.3) is 0 Å². The third kappa shape index (κ3) is 6.67. The molecule has 4 N–H and O–H groups in total. The van der Waals surface area contributed by atoms with E-state index in [1.807, 2.05) is 54.6 Å². The van der Waals surface area contributed by atoms with Gasteiger partial charge in [-0.2, -0.15) is 0 Å². The molecule has 0 amide bonds. The molecule has 0 radical (unpaired) electrons. The Bertz CT molecular complexity index is 741. The van der Waals surface area contributed by atoms with E-state index < -0.39 is 0 Å². The molecule has 0 unspecified atom stereocenters. The summed E-state index contributed by atoms with van der Waals surface area (Å²) in [7, 11) is 0. The molecule has 0 aliphatic heterocycles. The molecule has 0 atom stereocenters. The number of aliphatic hydroxyl groups excluding tert-OH is 1. The molecule has 0 heterocycles. The third-order valence-corrected chi connectivity index (χ3v) is 5.23. The molecule has 0 bridgehead atoms. The predicted octanol–water partition coefficient (Wildman–Crippen LogP) is 5.16. The second kappa shape index (κ2) is 11.3. The number of para-hydroxylation sites is 1. The number of anilines is 1. The molecule has 3 rings (SSSR count). The number of benzene rings is 2. The fourth-order valence-corrected chi connectivity index (χ4v) is 3.73. The van der Waals surface area contributed by atoms with Crippen LogP contribution in [-0.4, -0.2) is 24.2 Å². The van der Waals surface area contributed by atoms with Crippen molar-refractivity contribution in [2.24, 2.45) is 16.1 Å². The SMILES string of the molecule is I.NC(=NCC1(CCO)CCCCC1)Nc1cccc(Oc2ccccc2)c1. The van der Waals surface area contributed by atoms with E-state index in [2.05, 4.69) is 10.3 Å². The van der Waals surface area contributed by atoms with E-state index in [-0.39, 0.29) is 36.0 Å². The van der Waals surface area contributed by atoms with E-state index in [4.69, 9.17) is 10.5 Å². The van der Waals surface area contributed by atoms with Crippen molar-refractivity contribution in [1.29, 1.82) is 0 Å². The number of guanidine groups is 1. The maximum Gasteiger partial charge on any atom is 0.193 e. The van der Waals surface area contributed by atoms with Gasteiger partial charge in [0.2, 0.25) is 0 Å². The Kier molecular flexibility index (Phi) is 9.05. The van der Waals surface area contributed by atoms with Crippen LogP contribution in [0.25, 0.3) is 0 Å². The van der Waals surface area contributed by atoms with E-state index in [9.17, 15) is 5.11 Å². The van der Waals surface area contributed by atoms with Crippen LogP contribution in [0.4, 0.5) is 5.69 Å². The van der Waals surface area contributed by atoms with Crippen molar-refractivity contribution in [3.8, 4) is 11.5 Å². The highest BCUT2D eigenvalue weighted by Gasteiger charge is 2.31. The van der Waals surface area contributed by atoms with Crippen LogP contribution >= 0.6 is 24.0 Å². The lowest BCUT2D eigenvalue weighted by molar-refractivity contribution is 0.137. The summed E-state index contributed by atoms with van der Waals surface area (Å²) in [6.45, 7) is 0.869. The van der Waals surface area contributed by atoms with Gasteiger partial charge >= 0.3 is 0 Å². The molecule has 0 spiro atoms. The molecular formula is C22H30IN3O2. The first-order valence-corrected chi connectivity index (χ1v) is 9.70. The first kappa shape index (κ1) is 22.5. The molecule has 1 aliphatic rings. The Labute approximate surface area is 184 Å². The molecule has 1 saturated carbocycles. The summed E-state index contributed by atoms with van der Waals surface area (Å²) in [5.41, 5.74) is 7.05. The van der Waals surface area contributed by atoms with E-state index in [1.165, 1.54) is 19.3 Å². The Morgan fingerprint density at radius 1 is 1.04 bits per heavy atom. The van der Waals surface area contributed by atoms with Gasteiger partial charge in [0.05, 0.1) is 0 Å². The van der Waals surface area contributed by atoms with Crippen LogP contribution in [0.5, 0.6) is 11.5 Å². The number of nitrogens with zero attached hydrogens (tertiary/aromatic N) is 1. The second-order valence-electron chi connectivity index (χ2n) is 7.30. The van der Waals surface area contributed by atoms with Crippen molar-refractivity contribution in [2.45, 2.75) is 38.5 Å². The molecule has 2 aromatic carbocycles. The van der Waals surface area contributed by atoms with Crippen LogP contribution in [0.3, 0.4) is 0 Å². The van der Waals surface area contributed by atoms with Crippen molar-refractivity contribution >= 4 is 35.6 Å². The number of aliphatic imine (C=N–C) groups is 1. The van der Waals surface area contributed by atoms with Gasteiger partial charge in [-0.15, -0.1) is 24.0 Å². The van der Waals surface area contributed by atoms with E-state index in [0.717, 1.165) is 36.4 Å². The lowest BCUT2D eigenvalue weighted by Gasteiger charge is -2.35. The first-order chi connectivity index (χ1) is 13.2. The molecule has 0 aromatic heterocycles. The average Bonchev–Trinajstić information content (AvgIpc) is 2.69. The highest BCUT2D eigenvalue weighted by atomic mass is 127. The maximum absolute atomic E-state index is 9.43. The lowest BCUT2D eigenvalue weighted by Crippen LogP contribution is -2.31. The Morgan fingerprint density at radius 2 is 1.75 bits per heavy atom. The van der Waals surface area contributed by atoms with E-state index in [1.54, 1.807) is 0 Å². The number of rotatable bonds is 7. The van der Waals surface area contributed by atoms with Gasteiger partial charge in [0.1, 0.15) is 11.5 Å². The van der Waals surface area contributed by atoms with E-state index in [0.29, 0.717) is 12.5 Å². The van der Waals surface area contributed by atoms with Gasteiger partial charge in [0.15, 0.2) is 5.96 Å². The topological polar surface area (TPSA) is 79.9 Å². The predicted molar refractivity (Wildman–Crippen MR) is 126 cm³/mol. The minimum atomic E-state index is 0. The minimum Gasteiger partial charge on any atom is -0.457 e. The van der Waals surface area contributed by atoms with Gasteiger partial charge in [0, 0.05) is 24.9 Å². The third-order valence-electron chi connectivity index (χ3n) is 5.23. The van der Waals surface area contributed by atoms with E-state index >= 15 is 0 Å². The van der Waals surface area contributed by atoms with Crippen LogP contribution in [0.15, 0.2) is 59.6 Å². The maximum atomic E-state index is 9.43. The Balaban J connectivity index is 0.00000280. The Morgan fingerprint density at radius 3 is 2.46 bits per heavy atom. The fraction of sp³-hybridized carbons (Fsp3) is 0.409. The summed E-state index contributed by atoms with van der Waals surface area (Å²) in [6.07, 6.45) is 6.72. The number of ether oxygens (including phenoxy) is 1. The summed E-state index contributed by atoms with van der Waals surface area (Å²) >= 11 is 0. The number of hydrogen-bond acceptors (Lipinski definition) is 3. The molecule has 6 heteroatoms. The summed E-state index contributed by atoms with van der Waals surface area (Å²) in [5.74, 6) is 1.93. The van der Waals surface area contributed by atoms with Gasteiger partial charge in [-0.25, -0.2) is 0 Å². The number of aliphatic hydroxyl groups is 1. The van der Waals surface area contributed by atoms with Crippen LogP contribution in [0.2, 0.25) is 0 Å². The molecule has 1 aliphatic carbocycles. The molecule has 0 saturated heterocycles. The normalized spacial score (nSPS) is 16.1. The molecular weight excluding hydrogens is 465 g/mol. The number of nitrogens with one attached hydrogen (secondary N) is 1. The first-order valence-electron chi connectivity index (χ1n) is 9.70. The van der Waals surface area contributed by atoms with Gasteiger partial charge in [-0.1, -0.05) is 43.5 Å². The number of nitrogens with two attached hydrogens (primary N) is 1. The van der Waals surface area contributed by atoms with Crippen molar-refractivity contribution in [3.05, 3.63) is 54.6 Å². The fourth-order valence-electron chi connectivity index (χ4n) is 3.73. The van der Waals surface area contributed by atoms with Crippen LogP contribution in [-0.2, 0) is 0 Å². The highest BCUT2D eigenvalue weighted by molar-refractivity contribution is 14.0. The van der Waals surface area contributed by atoms with Crippen molar-refractivity contribution in [1.82, 2.24) is 0 Å². The van der Waals surface area contributed by atoms with Crippen molar-refractivity contribution < 1.29 is 9.84 Å². The van der Waals surface area contributed by atoms with Crippen LogP contribution in [0.1, 0.15) is 38.5 Å². The van der Waals surface area contributed by atoms with Gasteiger partial charge in [-0.3, -0.25) is 4.99 Å². The largest absolute Gasteiger partial charge is 0.457 e. The number of halogens is 1. The second-order valence-corrected chi connectivity index (χ2v) is 7.30. The monoisotopic (exact) mass is 495 g/mol. The highest BCUT2D eigenvalue weighted by Crippen LogP contribution is 2.39. The zero-order valence-electron chi connectivity index (χ0n) is 16.1. The van der Waals surface area contributed by atoms with Gasteiger partial charge in [-0.05, 0) is 48.9 Å². The zero-order valence-corrected chi connectivity index (χ0v) is 18.5. The zero-order chi connectivity index (χ0) is 19.0. The summed E-state index contributed by atoms with van der Waals surface area (Å²) in [5, 5.41) is 12.6. The van der Waals surface area contributed by atoms with Crippen molar-refractivity contribution in [2.75, 3.05) is 18.5 Å². The smallest absolute Gasteiger partial charge is 0.193 e. The van der Waals surface area contributed by atoms with Crippen molar-refractivity contribution in [3.63, 3.8) is 0 Å². The molecule has 2 aromatic rings. The molecule has 152 valence electrons. The average molecular weight is 495 g/mol. The quantitative estimate of drug-likeness (QED) is 0.282. The molecule has 28 heavy (non-hydrogen) atoms. The summed E-state index contributed by atoms with van der Waals surface area (Å²) in [6, 6.07) is 17.3. The van der Waals surface area contributed by atoms with Gasteiger partial charge < -0.3 is 20.9 Å².